The van der Waals surface area contributed by atoms with Crippen molar-refractivity contribution >= 4 is 46.3 Å². The summed E-state index contributed by atoms with van der Waals surface area (Å²) < 4.78 is 5.29. The summed E-state index contributed by atoms with van der Waals surface area (Å²) in [4.78, 5) is 76.2. The number of aryl methyl sites for hydroxylation is 1. The van der Waals surface area contributed by atoms with Crippen LogP contribution in [0.2, 0.25) is 0 Å². The number of benzene rings is 2. The minimum atomic E-state index is -1.12. The molecule has 1 saturated heterocycles. The number of carboxylic acids is 1. The van der Waals surface area contributed by atoms with Crippen LogP contribution in [0.4, 0.5) is 5.69 Å². The van der Waals surface area contributed by atoms with E-state index in [1.165, 1.54) is 17.9 Å². The number of nitrogens with zero attached hydrogens (tertiary/aromatic N) is 1. The van der Waals surface area contributed by atoms with Gasteiger partial charge in [-0.25, -0.2) is 4.79 Å². The van der Waals surface area contributed by atoms with Gasteiger partial charge in [0.15, 0.2) is 0 Å². The second kappa shape index (κ2) is 13.8. The third-order valence-electron chi connectivity index (χ3n) is 7.29. The zero-order valence-electron chi connectivity index (χ0n) is 23.9. The largest absolute Gasteiger partial charge is 0.481 e. The molecule has 0 aliphatic carbocycles. The Morgan fingerprint density at radius 2 is 1.77 bits per heavy atom. The van der Waals surface area contributed by atoms with Gasteiger partial charge in [0.2, 0.25) is 23.6 Å². The number of carboxylic acid groups (broad SMARTS) is 1. The lowest BCUT2D eigenvalue weighted by Crippen LogP contribution is -2.55. The van der Waals surface area contributed by atoms with Crippen LogP contribution in [0, 0.1) is 6.92 Å². The third-order valence-corrected chi connectivity index (χ3v) is 7.29. The number of carbonyl (C=O) groups is 5. The minimum Gasteiger partial charge on any atom is -0.481 e. The van der Waals surface area contributed by atoms with Gasteiger partial charge in [0.1, 0.15) is 23.7 Å². The maximum atomic E-state index is 13.5. The standard InChI is InChI=1S/C31H34N4O8/c1-18-15-28(39)43-25-17-21(10-11-22(18)25)33-29(40)23(16-20-7-4-3-5-8-20)34-30(41)24-9-6-14-35(24)31(42)19(2)32-26(36)12-13-27(37)38/h3-5,7-8,10-11,15,17,19,23-24H,6,9,12-14,16H2,1-2H3,(H,32,36)(H,33,40)(H,34,41)(H,37,38)/t19-,23-,24-/m0/s1. The molecule has 1 aromatic heterocycles. The van der Waals surface area contributed by atoms with Crippen LogP contribution >= 0.6 is 0 Å². The van der Waals surface area contributed by atoms with Gasteiger partial charge in [-0.3, -0.25) is 24.0 Å². The Morgan fingerprint density at radius 1 is 1.02 bits per heavy atom. The first-order valence-electron chi connectivity index (χ1n) is 14.0. The van der Waals surface area contributed by atoms with Gasteiger partial charge in [0.05, 0.1) is 6.42 Å². The number of nitrogens with one attached hydrogen (secondary N) is 3. The van der Waals surface area contributed by atoms with Crippen LogP contribution in [0.5, 0.6) is 0 Å². The smallest absolute Gasteiger partial charge is 0.336 e. The van der Waals surface area contributed by atoms with Gasteiger partial charge in [-0.2, -0.15) is 0 Å². The van der Waals surface area contributed by atoms with Crippen LogP contribution in [0.15, 0.2) is 63.8 Å². The molecule has 0 spiro atoms. The molecule has 0 bridgehead atoms. The van der Waals surface area contributed by atoms with E-state index in [0.717, 1.165) is 16.5 Å². The van der Waals surface area contributed by atoms with Crippen molar-refractivity contribution in [3.63, 3.8) is 0 Å². The monoisotopic (exact) mass is 590 g/mol. The molecule has 12 nitrogen and oxygen atoms in total. The number of carbonyl (C=O) groups excluding carboxylic acids is 4. The van der Waals surface area contributed by atoms with Crippen molar-refractivity contribution in [1.29, 1.82) is 0 Å². The van der Waals surface area contributed by atoms with Crippen molar-refractivity contribution in [2.24, 2.45) is 0 Å². The van der Waals surface area contributed by atoms with Gasteiger partial charge in [-0.1, -0.05) is 30.3 Å². The number of fused-ring (bicyclic) bond motifs is 1. The summed E-state index contributed by atoms with van der Waals surface area (Å²) in [6.07, 6.45) is 0.480. The second-order valence-corrected chi connectivity index (χ2v) is 10.6. The van der Waals surface area contributed by atoms with Crippen LogP contribution in [0.25, 0.3) is 11.0 Å². The number of rotatable bonds is 11. The lowest BCUT2D eigenvalue weighted by atomic mass is 10.0. The molecule has 3 atom stereocenters. The lowest BCUT2D eigenvalue weighted by molar-refractivity contribution is -0.142. The summed E-state index contributed by atoms with van der Waals surface area (Å²) in [7, 11) is 0. The fraction of sp³-hybridized carbons (Fsp3) is 0.355. The molecule has 226 valence electrons. The van der Waals surface area contributed by atoms with Crippen LogP contribution in [0.1, 0.15) is 43.7 Å². The van der Waals surface area contributed by atoms with E-state index in [9.17, 15) is 28.8 Å². The van der Waals surface area contributed by atoms with E-state index in [4.69, 9.17) is 9.52 Å². The zero-order chi connectivity index (χ0) is 31.1. The van der Waals surface area contributed by atoms with Gasteiger partial charge < -0.3 is 30.4 Å². The molecule has 1 aliphatic heterocycles. The van der Waals surface area contributed by atoms with Crippen LogP contribution < -0.4 is 21.6 Å². The summed E-state index contributed by atoms with van der Waals surface area (Å²) in [6.45, 7) is 3.56. The highest BCUT2D eigenvalue weighted by atomic mass is 16.4. The quantitative estimate of drug-likeness (QED) is 0.246. The highest BCUT2D eigenvalue weighted by Gasteiger charge is 2.37. The van der Waals surface area contributed by atoms with Crippen molar-refractivity contribution < 1.29 is 33.5 Å². The molecule has 3 aromatic rings. The molecule has 43 heavy (non-hydrogen) atoms. The lowest BCUT2D eigenvalue weighted by Gasteiger charge is -2.28. The van der Waals surface area contributed by atoms with Crippen LogP contribution in [-0.4, -0.2) is 64.3 Å². The summed E-state index contributed by atoms with van der Waals surface area (Å²) in [6, 6.07) is 12.7. The first kappa shape index (κ1) is 30.9. The Kier molecular flexibility index (Phi) is 9.91. The molecule has 1 fully saturated rings. The fourth-order valence-electron chi connectivity index (χ4n) is 5.11. The van der Waals surface area contributed by atoms with Gasteiger partial charge in [-0.05, 0) is 49.9 Å². The Hall–Kier alpha value is -5.00. The molecule has 1 aliphatic rings. The molecule has 12 heteroatoms. The van der Waals surface area contributed by atoms with E-state index < -0.39 is 53.3 Å². The zero-order valence-corrected chi connectivity index (χ0v) is 23.9. The van der Waals surface area contributed by atoms with E-state index in [1.807, 2.05) is 30.3 Å². The number of aliphatic carboxylic acids is 1. The van der Waals surface area contributed by atoms with Crippen molar-refractivity contribution in [2.75, 3.05) is 11.9 Å². The average molecular weight is 591 g/mol. The number of anilines is 1. The van der Waals surface area contributed by atoms with Gasteiger partial charge in [0.25, 0.3) is 0 Å². The van der Waals surface area contributed by atoms with Crippen LogP contribution in [-0.2, 0) is 30.4 Å². The SMILES string of the molecule is Cc1cc(=O)oc2cc(NC(=O)[C@H](Cc3ccccc3)NC(=O)[C@@H]3CCCN3C(=O)[C@H](C)NC(=O)CCC(=O)O)ccc12. The Bertz CT molecular complexity index is 1590. The van der Waals surface area contributed by atoms with Crippen LogP contribution in [0.3, 0.4) is 0 Å². The first-order valence-corrected chi connectivity index (χ1v) is 14.0. The molecule has 4 amide bonds. The number of hydrogen-bond donors (Lipinski definition) is 4. The molecule has 0 saturated carbocycles. The van der Waals surface area contributed by atoms with Gasteiger partial charge in [0, 0.05) is 42.6 Å². The predicted molar refractivity (Wildman–Crippen MR) is 157 cm³/mol. The topological polar surface area (TPSA) is 175 Å². The Labute approximate surface area is 247 Å². The third kappa shape index (κ3) is 8.06. The van der Waals surface area contributed by atoms with E-state index >= 15 is 0 Å². The van der Waals surface area contributed by atoms with E-state index in [-0.39, 0.29) is 19.3 Å². The summed E-state index contributed by atoms with van der Waals surface area (Å²) in [5, 5.41) is 17.6. The highest BCUT2D eigenvalue weighted by Crippen LogP contribution is 2.22. The molecular formula is C31H34N4O8. The number of amides is 4. The molecule has 0 radical (unpaired) electrons. The van der Waals surface area contributed by atoms with E-state index in [1.54, 1.807) is 25.1 Å². The maximum Gasteiger partial charge on any atom is 0.336 e. The van der Waals surface area contributed by atoms with E-state index in [0.29, 0.717) is 30.7 Å². The molecule has 4 rings (SSSR count). The number of hydrogen-bond acceptors (Lipinski definition) is 7. The summed E-state index contributed by atoms with van der Waals surface area (Å²) in [5.74, 6) is -3.18. The predicted octanol–water partition coefficient (Wildman–Crippen LogP) is 2.13. The van der Waals surface area contributed by atoms with Gasteiger partial charge in [-0.15, -0.1) is 0 Å². The second-order valence-electron chi connectivity index (χ2n) is 10.6. The average Bonchev–Trinajstić information content (AvgIpc) is 3.46. The molecule has 2 heterocycles. The molecule has 4 N–H and O–H groups in total. The van der Waals surface area contributed by atoms with Crippen molar-refractivity contribution in [1.82, 2.24) is 15.5 Å². The fourth-order valence-corrected chi connectivity index (χ4v) is 5.11. The minimum absolute atomic E-state index is 0.177. The number of likely N-dealkylation sites (tertiary alicyclic amines) is 1. The van der Waals surface area contributed by atoms with Crippen molar-refractivity contribution in [3.05, 3.63) is 76.1 Å². The molecular weight excluding hydrogens is 556 g/mol. The summed E-state index contributed by atoms with van der Waals surface area (Å²) >= 11 is 0. The first-order chi connectivity index (χ1) is 20.5. The Balaban J connectivity index is 1.48. The molecule has 0 unspecified atom stereocenters. The van der Waals surface area contributed by atoms with Crippen molar-refractivity contribution in [3.8, 4) is 0 Å². The van der Waals surface area contributed by atoms with E-state index in [2.05, 4.69) is 16.0 Å². The summed E-state index contributed by atoms with van der Waals surface area (Å²) in [5.41, 5.74) is 1.73. The molecule has 2 aromatic carbocycles. The Morgan fingerprint density at radius 3 is 2.49 bits per heavy atom. The normalized spacial score (nSPS) is 15.9. The van der Waals surface area contributed by atoms with Gasteiger partial charge >= 0.3 is 11.6 Å². The maximum absolute atomic E-state index is 13.5. The highest BCUT2D eigenvalue weighted by molar-refractivity contribution is 6.00. The van der Waals surface area contributed by atoms with Crippen molar-refractivity contribution in [2.45, 2.75) is 64.1 Å².